The lowest BCUT2D eigenvalue weighted by Gasteiger charge is -2.22. The molecular weight excluding hydrogens is 544 g/mol. The molecule has 9 aromatic rings. The quantitative estimate of drug-likeness (QED) is 0.185. The van der Waals surface area contributed by atoms with Crippen LogP contribution in [0.2, 0.25) is 0 Å². The van der Waals surface area contributed by atoms with Gasteiger partial charge in [-0.25, -0.2) is 0 Å². The van der Waals surface area contributed by atoms with Gasteiger partial charge in [0.25, 0.3) is 0 Å². The van der Waals surface area contributed by atoms with Crippen LogP contribution < -0.4 is 4.74 Å². The second-order valence-electron chi connectivity index (χ2n) is 10.3. The molecule has 45 heavy (non-hydrogen) atoms. The molecule has 1 heterocycles. The summed E-state index contributed by atoms with van der Waals surface area (Å²) in [5.74, 6) is -0.0675. The highest BCUT2D eigenvalue weighted by molar-refractivity contribution is 6.27. The Kier molecular flexibility index (Phi) is 2.38. The standard InChI is InChI=1S/C44H26O/c1-2-8-27(9-3-1)32-20-16-28-19-23-39-33(21-17-29-18-22-38(32)42(28)43(29)39)30-10-6-11-31(26-30)34-24-25-41-44-36(34)13-7-14-37(44)35-12-4-5-15-40(35)45-41/h1-26H/i1D,2D,3D,6D,7D,8D,9D,10D,11D,13D,14D,16D,17D,18D,19D,20D,21D,22D,23D,24D,25D,26D. The number of rotatable bonds is 3. The van der Waals surface area contributed by atoms with Crippen LogP contribution in [0, 0.1) is 0 Å². The van der Waals surface area contributed by atoms with Crippen LogP contribution in [-0.2, 0) is 0 Å². The van der Waals surface area contributed by atoms with E-state index in [0.717, 1.165) is 0 Å². The third kappa shape index (κ3) is 3.56. The van der Waals surface area contributed by atoms with Crippen LogP contribution in [-0.4, -0.2) is 0 Å². The number of ether oxygens (including phenoxy) is 1. The van der Waals surface area contributed by atoms with E-state index in [1.807, 2.05) is 0 Å². The molecule has 0 radical (unpaired) electrons. The zero-order chi connectivity index (χ0) is 48.6. The Morgan fingerprint density at radius 1 is 0.378 bits per heavy atom. The molecule has 10 rings (SSSR count). The Balaban J connectivity index is 1.42. The van der Waals surface area contributed by atoms with E-state index < -0.39 is 188 Å². The molecule has 0 spiro atoms. The van der Waals surface area contributed by atoms with E-state index in [1.165, 1.54) is 0 Å². The fraction of sp³-hybridized carbons (Fsp3) is 0. The Morgan fingerprint density at radius 2 is 0.956 bits per heavy atom. The maximum Gasteiger partial charge on any atom is 0.135 e. The van der Waals surface area contributed by atoms with Gasteiger partial charge in [-0.3, -0.25) is 0 Å². The summed E-state index contributed by atoms with van der Waals surface area (Å²) in [7, 11) is 0. The minimum atomic E-state index is -0.924. The Hall–Kier alpha value is -5.92. The summed E-state index contributed by atoms with van der Waals surface area (Å²) < 4.78 is 205. The van der Waals surface area contributed by atoms with Gasteiger partial charge in [0.15, 0.2) is 0 Å². The lowest BCUT2D eigenvalue weighted by molar-refractivity contribution is 0.487. The van der Waals surface area contributed by atoms with E-state index in [-0.39, 0.29) is 38.6 Å². The molecule has 1 nitrogen and oxygen atoms in total. The monoisotopic (exact) mass is 592 g/mol. The minimum Gasteiger partial charge on any atom is -0.456 e. The molecule has 0 bridgehead atoms. The van der Waals surface area contributed by atoms with Gasteiger partial charge in [0, 0.05) is 10.9 Å². The van der Waals surface area contributed by atoms with Crippen LogP contribution in [0.5, 0.6) is 11.5 Å². The van der Waals surface area contributed by atoms with Crippen molar-refractivity contribution in [2.24, 2.45) is 0 Å². The topological polar surface area (TPSA) is 9.23 Å². The molecule has 0 saturated heterocycles. The van der Waals surface area contributed by atoms with E-state index in [2.05, 4.69) is 0 Å². The fourth-order valence-electron chi connectivity index (χ4n) is 5.93. The van der Waals surface area contributed by atoms with Gasteiger partial charge >= 0.3 is 0 Å². The molecule has 0 atom stereocenters. The van der Waals surface area contributed by atoms with Crippen molar-refractivity contribution >= 4 is 43.1 Å². The summed E-state index contributed by atoms with van der Waals surface area (Å²) in [6.07, 6.45) is 0. The SMILES string of the molecule is [2H]c1c([2H])c([2H])c(-c2c([2H])c([2H])c3c([2H])c([2H])c4c(-c5c([2H])c([2H])c([2H])c(-c6c([2H])c([2H])c7c8c(c([2H])c([2H])c([2H])c68)-c6ccccc6O7)c5[2H])c([2H])c([2H])c5c([2H])c([2H])c2c3c54)c([2H])c1[2H]. The number of fused-ring (bicyclic) bond motifs is 2. The Labute approximate surface area is 291 Å². The number of hydrogen-bond donors (Lipinski definition) is 0. The first kappa shape index (κ1) is 11.5. The van der Waals surface area contributed by atoms with Crippen LogP contribution in [0.4, 0.5) is 0 Å². The van der Waals surface area contributed by atoms with Crippen molar-refractivity contribution in [2.45, 2.75) is 0 Å². The smallest absolute Gasteiger partial charge is 0.135 e. The summed E-state index contributed by atoms with van der Waals surface area (Å²) >= 11 is 0. The molecule has 0 aromatic heterocycles. The number of para-hydroxylation sites is 1. The zero-order valence-corrected chi connectivity index (χ0v) is 22.7. The predicted octanol–water partition coefficient (Wildman–Crippen LogP) is 12.5. The van der Waals surface area contributed by atoms with Gasteiger partial charge in [-0.2, -0.15) is 0 Å². The van der Waals surface area contributed by atoms with Crippen molar-refractivity contribution in [3.8, 4) is 56.0 Å². The highest BCUT2D eigenvalue weighted by atomic mass is 16.5. The van der Waals surface area contributed by atoms with Crippen LogP contribution >= 0.6 is 0 Å². The third-order valence-electron chi connectivity index (χ3n) is 7.90. The average molecular weight is 593 g/mol. The maximum absolute atomic E-state index is 9.80. The van der Waals surface area contributed by atoms with Gasteiger partial charge in [-0.1, -0.05) is 139 Å². The first-order valence-electron chi connectivity index (χ1n) is 24.7. The van der Waals surface area contributed by atoms with Gasteiger partial charge in [0.05, 0.1) is 30.2 Å². The first-order chi connectivity index (χ1) is 31.5. The summed E-state index contributed by atoms with van der Waals surface area (Å²) in [6.45, 7) is 0. The van der Waals surface area contributed by atoms with Gasteiger partial charge in [-0.05, 0) is 94.8 Å². The van der Waals surface area contributed by atoms with Gasteiger partial charge in [-0.15, -0.1) is 0 Å². The van der Waals surface area contributed by atoms with E-state index in [9.17, 15) is 13.7 Å². The molecule has 208 valence electrons. The molecule has 0 N–H and O–H groups in total. The van der Waals surface area contributed by atoms with Crippen molar-refractivity contribution in [1.82, 2.24) is 0 Å². The lowest BCUT2D eigenvalue weighted by atomic mass is 9.86. The normalized spacial score (nSPS) is 19.0. The highest BCUT2D eigenvalue weighted by Gasteiger charge is 2.21. The molecule has 0 unspecified atom stereocenters. The lowest BCUT2D eigenvalue weighted by Crippen LogP contribution is -1.97. The second-order valence-corrected chi connectivity index (χ2v) is 10.3. The molecular formula is C44H26O. The molecule has 1 heteroatoms. The molecule has 9 aromatic carbocycles. The van der Waals surface area contributed by atoms with E-state index >= 15 is 0 Å². The predicted molar refractivity (Wildman–Crippen MR) is 189 cm³/mol. The van der Waals surface area contributed by atoms with Crippen LogP contribution in [0.3, 0.4) is 0 Å². The molecule has 0 fully saturated rings. The Morgan fingerprint density at radius 3 is 1.69 bits per heavy atom. The minimum absolute atomic E-state index is 0.0533. The first-order valence-corrected chi connectivity index (χ1v) is 13.7. The largest absolute Gasteiger partial charge is 0.456 e. The maximum atomic E-state index is 9.80. The molecule has 1 aliphatic heterocycles. The van der Waals surface area contributed by atoms with Crippen LogP contribution in [0.1, 0.15) is 30.2 Å². The highest BCUT2D eigenvalue weighted by Crippen LogP contribution is 2.49. The van der Waals surface area contributed by atoms with Crippen LogP contribution in [0.25, 0.3) is 87.6 Å². The van der Waals surface area contributed by atoms with E-state index in [4.69, 9.17) is 21.2 Å². The van der Waals surface area contributed by atoms with Gasteiger partial charge in [0.1, 0.15) is 11.5 Å². The van der Waals surface area contributed by atoms with Crippen molar-refractivity contribution in [2.75, 3.05) is 0 Å². The molecule has 0 saturated carbocycles. The fourth-order valence-corrected chi connectivity index (χ4v) is 5.93. The summed E-state index contributed by atoms with van der Waals surface area (Å²) in [5.41, 5.74) is -3.31. The third-order valence-corrected chi connectivity index (χ3v) is 7.90. The zero-order valence-electron chi connectivity index (χ0n) is 44.7. The summed E-state index contributed by atoms with van der Waals surface area (Å²) in [6, 6.07) is -10.8. The van der Waals surface area contributed by atoms with Crippen LogP contribution in [0.15, 0.2) is 157 Å². The molecule has 0 amide bonds. The van der Waals surface area contributed by atoms with Crippen molar-refractivity contribution < 1.29 is 34.9 Å². The van der Waals surface area contributed by atoms with E-state index in [1.54, 1.807) is 24.3 Å². The van der Waals surface area contributed by atoms with Crippen molar-refractivity contribution in [1.29, 1.82) is 0 Å². The molecule has 0 aliphatic carbocycles. The summed E-state index contributed by atoms with van der Waals surface area (Å²) in [4.78, 5) is 0. The van der Waals surface area contributed by atoms with Gasteiger partial charge in [0.2, 0.25) is 0 Å². The summed E-state index contributed by atoms with van der Waals surface area (Å²) in [5, 5.41) is -2.99. The van der Waals surface area contributed by atoms with Crippen molar-refractivity contribution in [3.63, 3.8) is 0 Å². The van der Waals surface area contributed by atoms with E-state index in [0.29, 0.717) is 5.56 Å². The van der Waals surface area contributed by atoms with Gasteiger partial charge < -0.3 is 4.74 Å². The number of hydrogen-bond acceptors (Lipinski definition) is 1. The molecule has 1 aliphatic rings. The van der Waals surface area contributed by atoms with Crippen molar-refractivity contribution in [3.05, 3.63) is 157 Å². The Bertz CT molecular complexity index is 3830. The average Bonchev–Trinajstić information content (AvgIpc) is 3.30. The number of benzene rings is 9. The second kappa shape index (κ2) is 9.29.